The molecule has 0 bridgehead atoms. The highest BCUT2D eigenvalue weighted by Crippen LogP contribution is 2.30. The van der Waals surface area contributed by atoms with Gasteiger partial charge >= 0.3 is 12.1 Å². The van der Waals surface area contributed by atoms with Crippen molar-refractivity contribution in [2.75, 3.05) is 19.3 Å². The second-order valence-corrected chi connectivity index (χ2v) is 12.7. The number of halogens is 6. The number of amides is 1. The first kappa shape index (κ1) is 34.5. The van der Waals surface area contributed by atoms with Crippen LogP contribution in [-0.2, 0) is 32.5 Å². The van der Waals surface area contributed by atoms with E-state index in [1.54, 1.807) is 18.2 Å². The zero-order chi connectivity index (χ0) is 33.3. The van der Waals surface area contributed by atoms with Crippen molar-refractivity contribution < 1.29 is 54.7 Å². The number of aromatic nitrogens is 2. The summed E-state index contributed by atoms with van der Waals surface area (Å²) in [6.07, 6.45) is -3.31. The van der Waals surface area contributed by atoms with E-state index in [-0.39, 0.29) is 49.1 Å². The molecule has 1 saturated heterocycles. The number of hydrogen-bond acceptors (Lipinski definition) is 8. The van der Waals surface area contributed by atoms with Gasteiger partial charge < -0.3 is 5.11 Å². The van der Waals surface area contributed by atoms with Crippen LogP contribution >= 0.6 is 0 Å². The van der Waals surface area contributed by atoms with Crippen molar-refractivity contribution in [1.29, 1.82) is 0 Å². The normalized spacial score (nSPS) is 16.3. The van der Waals surface area contributed by atoms with E-state index in [1.165, 1.54) is 34.9 Å². The lowest BCUT2D eigenvalue weighted by atomic mass is 10.0. The maximum absolute atomic E-state index is 14.9. The van der Waals surface area contributed by atoms with Crippen LogP contribution in [0.4, 0.5) is 26.3 Å². The van der Waals surface area contributed by atoms with E-state index in [4.69, 9.17) is 15.1 Å². The quantitative estimate of drug-likeness (QED) is 0.189. The summed E-state index contributed by atoms with van der Waals surface area (Å²) in [5.74, 6) is -7.11. The van der Waals surface area contributed by atoms with E-state index in [0.717, 1.165) is 17.7 Å². The molecule has 3 N–H and O–H groups in total. The van der Waals surface area contributed by atoms with Crippen LogP contribution in [-0.4, -0.2) is 81.3 Å². The number of alkyl halides is 5. The van der Waals surface area contributed by atoms with Crippen LogP contribution < -0.4 is 11.0 Å². The van der Waals surface area contributed by atoms with E-state index in [9.17, 15) is 44.3 Å². The van der Waals surface area contributed by atoms with Crippen LogP contribution in [0.15, 0.2) is 47.5 Å². The van der Waals surface area contributed by atoms with E-state index < -0.39 is 49.9 Å². The second-order valence-electron chi connectivity index (χ2n) is 10.3. The molecule has 0 aliphatic carbocycles. The molecule has 18 heteroatoms. The summed E-state index contributed by atoms with van der Waals surface area (Å²) < 4.78 is 96.1. The Balaban J connectivity index is 0.000000676. The molecule has 1 atom stereocenters. The predicted octanol–water partition coefficient (Wildman–Crippen LogP) is 2.99. The zero-order valence-corrected chi connectivity index (χ0v) is 23.8. The molecular weight excluding hydrogens is 626 g/mol. The number of rotatable bonds is 8. The maximum Gasteiger partial charge on any atom is 0.490 e. The number of hydrogen-bond donors (Lipinski definition) is 3. The third-order valence-corrected chi connectivity index (χ3v) is 8.98. The van der Waals surface area contributed by atoms with E-state index in [2.05, 4.69) is 4.98 Å². The molecule has 1 aromatic heterocycles. The Bertz CT molecular complexity index is 1740. The number of fused-ring (bicyclic) bond motifs is 1. The largest absolute Gasteiger partial charge is 0.490 e. The first-order chi connectivity index (χ1) is 20.2. The lowest BCUT2D eigenvalue weighted by Gasteiger charge is -2.38. The SMILES string of the molecule is C[C@@](CCn1cnc2cc(-c3ccc(CN4CC(F)(F)C4)cc3F)ccc2c1=O)(C(=O)NO)S(C)(=O)=O.O=C(O)C(F)(F)F. The Morgan fingerprint density at radius 2 is 1.73 bits per heavy atom. The lowest BCUT2D eigenvalue weighted by Crippen LogP contribution is -2.55. The fraction of sp³-hybridized carbons (Fsp3) is 0.385. The predicted molar refractivity (Wildman–Crippen MR) is 143 cm³/mol. The molecule has 2 aromatic carbocycles. The van der Waals surface area contributed by atoms with E-state index in [1.807, 2.05) is 0 Å². The van der Waals surface area contributed by atoms with Gasteiger partial charge in [0.15, 0.2) is 14.6 Å². The average molecular weight is 653 g/mol. The Morgan fingerprint density at radius 3 is 2.23 bits per heavy atom. The first-order valence-electron chi connectivity index (χ1n) is 12.5. The number of nitrogens with one attached hydrogen (secondary N) is 1. The van der Waals surface area contributed by atoms with Crippen LogP contribution in [0, 0.1) is 5.82 Å². The van der Waals surface area contributed by atoms with Gasteiger partial charge in [0, 0.05) is 24.9 Å². The third kappa shape index (κ3) is 7.72. The van der Waals surface area contributed by atoms with Crippen LogP contribution in [0.1, 0.15) is 18.9 Å². The minimum atomic E-state index is -5.08. The number of carboxylic acids is 1. The van der Waals surface area contributed by atoms with Crippen molar-refractivity contribution in [2.45, 2.75) is 43.3 Å². The van der Waals surface area contributed by atoms with E-state index in [0.29, 0.717) is 11.1 Å². The fourth-order valence-electron chi connectivity index (χ4n) is 4.27. The summed E-state index contributed by atoms with van der Waals surface area (Å²) in [5, 5.41) is 16.3. The lowest BCUT2D eigenvalue weighted by molar-refractivity contribution is -0.192. The highest BCUT2D eigenvalue weighted by molar-refractivity contribution is 7.92. The van der Waals surface area contributed by atoms with Crippen LogP contribution in [0.2, 0.25) is 0 Å². The fourth-order valence-corrected chi connectivity index (χ4v) is 5.12. The van der Waals surface area contributed by atoms with Crippen LogP contribution in [0.3, 0.4) is 0 Å². The van der Waals surface area contributed by atoms with Gasteiger partial charge in [-0.15, -0.1) is 0 Å². The Kier molecular flexibility index (Phi) is 9.81. The Morgan fingerprint density at radius 1 is 1.11 bits per heavy atom. The number of hydroxylamine groups is 1. The zero-order valence-electron chi connectivity index (χ0n) is 23.0. The summed E-state index contributed by atoms with van der Waals surface area (Å²) in [6.45, 7) is 0.487. The van der Waals surface area contributed by atoms with Crippen molar-refractivity contribution in [3.63, 3.8) is 0 Å². The number of carbonyl (C=O) groups is 2. The van der Waals surface area contributed by atoms with Crippen LogP contribution in [0.5, 0.6) is 0 Å². The minimum absolute atomic E-state index is 0.167. The molecule has 2 heterocycles. The standard InChI is InChI=1S/C24H25F3N4O5S.C2HF3O2/c1-23(22(33)29-34,37(2,35)36)7-8-31-14-28-20-10-16(4-6-18(20)21(31)32)17-5-3-15(9-19(17)25)11-30-12-24(26,27)13-30;3-2(4,5)1(6)7/h3-6,9-10,14,34H,7-8,11-13H2,1-2H3,(H,29,33);(H,6,7)/t23-;/m1./s1. The van der Waals surface area contributed by atoms with Gasteiger partial charge in [0.1, 0.15) is 5.82 Å². The molecule has 1 aliphatic rings. The molecule has 0 unspecified atom stereocenters. The van der Waals surface area contributed by atoms with Gasteiger partial charge in [0.2, 0.25) is 0 Å². The highest BCUT2D eigenvalue weighted by Gasteiger charge is 2.44. The van der Waals surface area contributed by atoms with Crippen molar-refractivity contribution in [3.05, 3.63) is 64.5 Å². The van der Waals surface area contributed by atoms with Crippen molar-refractivity contribution >= 4 is 32.6 Å². The van der Waals surface area contributed by atoms with Crippen molar-refractivity contribution in [2.24, 2.45) is 0 Å². The molecule has 4 rings (SSSR count). The number of carboxylic acid groups (broad SMARTS) is 1. The average Bonchev–Trinajstić information content (AvgIpc) is 2.90. The molecule has 11 nitrogen and oxygen atoms in total. The Labute approximate surface area is 245 Å². The smallest absolute Gasteiger partial charge is 0.475 e. The molecule has 1 aliphatic heterocycles. The number of sulfone groups is 1. The molecule has 1 fully saturated rings. The number of aliphatic carboxylic acids is 1. The topological polar surface area (TPSA) is 159 Å². The van der Waals surface area contributed by atoms with Crippen LogP contribution in [0.25, 0.3) is 22.0 Å². The van der Waals surface area contributed by atoms with Crippen molar-refractivity contribution in [3.8, 4) is 11.1 Å². The summed E-state index contributed by atoms with van der Waals surface area (Å²) in [7, 11) is -3.93. The summed E-state index contributed by atoms with van der Waals surface area (Å²) in [6, 6.07) is 9.05. The molecule has 0 radical (unpaired) electrons. The monoisotopic (exact) mass is 652 g/mol. The minimum Gasteiger partial charge on any atom is -0.475 e. The highest BCUT2D eigenvalue weighted by atomic mass is 32.2. The van der Waals surface area contributed by atoms with Crippen molar-refractivity contribution in [1.82, 2.24) is 19.9 Å². The Hall–Kier alpha value is -4.03. The molecule has 0 spiro atoms. The molecule has 0 saturated carbocycles. The molecule has 1 amide bonds. The van der Waals surface area contributed by atoms with Gasteiger partial charge in [0.25, 0.3) is 17.4 Å². The van der Waals surface area contributed by atoms with Gasteiger partial charge in [-0.25, -0.2) is 36.8 Å². The van der Waals surface area contributed by atoms with Gasteiger partial charge in [-0.05, 0) is 42.7 Å². The number of aryl methyl sites for hydroxylation is 1. The third-order valence-electron chi connectivity index (χ3n) is 6.96. The number of benzene rings is 2. The molecular formula is C26H26F6N4O7S. The maximum atomic E-state index is 14.9. The number of carbonyl (C=O) groups excluding carboxylic acids is 1. The van der Waals surface area contributed by atoms with Gasteiger partial charge in [0.05, 0.1) is 30.3 Å². The molecule has 44 heavy (non-hydrogen) atoms. The molecule has 240 valence electrons. The molecule has 3 aromatic rings. The van der Waals surface area contributed by atoms with Gasteiger partial charge in [-0.1, -0.05) is 18.2 Å². The summed E-state index contributed by atoms with van der Waals surface area (Å²) in [4.78, 5) is 39.6. The van der Waals surface area contributed by atoms with Gasteiger partial charge in [-0.2, -0.15) is 13.2 Å². The summed E-state index contributed by atoms with van der Waals surface area (Å²) >= 11 is 0. The van der Waals surface area contributed by atoms with Gasteiger partial charge in [-0.3, -0.25) is 24.3 Å². The first-order valence-corrected chi connectivity index (χ1v) is 14.4. The number of likely N-dealkylation sites (tertiary alicyclic amines) is 1. The second kappa shape index (κ2) is 12.5. The number of nitrogens with zero attached hydrogens (tertiary/aromatic N) is 3. The van der Waals surface area contributed by atoms with E-state index >= 15 is 0 Å². The summed E-state index contributed by atoms with van der Waals surface area (Å²) in [5.41, 5.74) is 2.43.